The molecule has 2 aromatic heterocycles. The largest absolute Gasteiger partial charge is 0.326 e. The van der Waals surface area contributed by atoms with E-state index in [4.69, 9.17) is 0 Å². The molecule has 0 radical (unpaired) electrons. The summed E-state index contributed by atoms with van der Waals surface area (Å²) in [6, 6.07) is 10.8. The predicted molar refractivity (Wildman–Crippen MR) is 118 cm³/mol. The normalized spacial score (nSPS) is 10.6. The van der Waals surface area contributed by atoms with Gasteiger partial charge in [0.25, 0.3) is 0 Å². The van der Waals surface area contributed by atoms with Crippen molar-refractivity contribution in [3.63, 3.8) is 0 Å². The fourth-order valence-corrected chi connectivity index (χ4v) is 3.43. The van der Waals surface area contributed by atoms with Crippen LogP contribution in [0.25, 0.3) is 11.4 Å². The molecule has 2 amide bonds. The first-order valence-corrected chi connectivity index (χ1v) is 10.7. The zero-order valence-corrected chi connectivity index (χ0v) is 17.8. The van der Waals surface area contributed by atoms with Crippen LogP contribution in [-0.4, -0.2) is 37.3 Å². The highest BCUT2D eigenvalue weighted by molar-refractivity contribution is 7.99. The summed E-state index contributed by atoms with van der Waals surface area (Å²) in [4.78, 5) is 28.1. The smallest absolute Gasteiger partial charge is 0.234 e. The second kappa shape index (κ2) is 10.5. The molecule has 1 aromatic carbocycles. The molecule has 3 aromatic rings. The van der Waals surface area contributed by atoms with Crippen LogP contribution in [0.3, 0.4) is 0 Å². The minimum atomic E-state index is -0.145. The maximum atomic E-state index is 12.3. The minimum Gasteiger partial charge on any atom is -0.326 e. The van der Waals surface area contributed by atoms with Gasteiger partial charge in [0, 0.05) is 42.8 Å². The van der Waals surface area contributed by atoms with E-state index in [-0.39, 0.29) is 17.6 Å². The molecule has 2 N–H and O–H groups in total. The number of pyridine rings is 1. The Morgan fingerprint density at radius 2 is 1.60 bits per heavy atom. The predicted octanol–water partition coefficient (Wildman–Crippen LogP) is 3.74. The van der Waals surface area contributed by atoms with Crippen LogP contribution >= 0.6 is 11.8 Å². The maximum Gasteiger partial charge on any atom is 0.234 e. The Labute approximate surface area is 179 Å². The van der Waals surface area contributed by atoms with E-state index in [0.717, 1.165) is 24.2 Å². The van der Waals surface area contributed by atoms with E-state index >= 15 is 0 Å². The average molecular weight is 425 g/mol. The number of hydrogen-bond acceptors (Lipinski definition) is 6. The van der Waals surface area contributed by atoms with E-state index in [1.807, 2.05) is 30.7 Å². The summed E-state index contributed by atoms with van der Waals surface area (Å²) in [7, 11) is 1.86. The standard InChI is InChI=1S/C21H24N6O2S/c1-3-4-5-18(28)23-16-6-8-17(9-7-16)24-19(29)14-30-21-26-25-20(27(21)2)15-10-12-22-13-11-15/h6-13H,3-5,14H2,1-2H3,(H,23,28)(H,24,29). The molecule has 0 fully saturated rings. The van der Waals surface area contributed by atoms with Crippen LogP contribution in [0.15, 0.2) is 53.9 Å². The van der Waals surface area contributed by atoms with Gasteiger partial charge < -0.3 is 15.2 Å². The molecule has 0 aliphatic heterocycles. The topological polar surface area (TPSA) is 102 Å². The summed E-state index contributed by atoms with van der Waals surface area (Å²) in [5.74, 6) is 0.780. The highest BCUT2D eigenvalue weighted by Gasteiger charge is 2.13. The summed E-state index contributed by atoms with van der Waals surface area (Å²) in [5.41, 5.74) is 2.30. The number of amides is 2. The first-order chi connectivity index (χ1) is 14.6. The number of carbonyl (C=O) groups is 2. The molecular formula is C21H24N6O2S. The molecule has 0 aliphatic carbocycles. The molecule has 0 saturated carbocycles. The van der Waals surface area contributed by atoms with Gasteiger partial charge in [-0.3, -0.25) is 14.6 Å². The Bertz CT molecular complexity index is 988. The number of rotatable bonds is 9. The summed E-state index contributed by atoms with van der Waals surface area (Å²) < 4.78 is 1.85. The Morgan fingerprint density at radius 1 is 0.967 bits per heavy atom. The molecule has 0 atom stereocenters. The van der Waals surface area contributed by atoms with Gasteiger partial charge in [0.15, 0.2) is 11.0 Å². The highest BCUT2D eigenvalue weighted by Crippen LogP contribution is 2.22. The van der Waals surface area contributed by atoms with Crippen molar-refractivity contribution in [1.82, 2.24) is 19.7 Å². The molecule has 3 rings (SSSR count). The summed E-state index contributed by atoms with van der Waals surface area (Å²) >= 11 is 1.31. The SMILES string of the molecule is CCCCC(=O)Nc1ccc(NC(=O)CSc2nnc(-c3ccncc3)n2C)cc1. The van der Waals surface area contributed by atoms with Crippen LogP contribution in [0.1, 0.15) is 26.2 Å². The van der Waals surface area contributed by atoms with Crippen LogP contribution in [0.4, 0.5) is 11.4 Å². The lowest BCUT2D eigenvalue weighted by molar-refractivity contribution is -0.116. The number of nitrogens with zero attached hydrogens (tertiary/aromatic N) is 4. The molecule has 0 unspecified atom stereocenters. The molecule has 156 valence electrons. The molecule has 9 heteroatoms. The van der Waals surface area contributed by atoms with E-state index in [0.29, 0.717) is 23.0 Å². The monoisotopic (exact) mass is 424 g/mol. The van der Waals surface area contributed by atoms with E-state index in [1.54, 1.807) is 36.7 Å². The van der Waals surface area contributed by atoms with Crippen molar-refractivity contribution in [2.24, 2.45) is 7.05 Å². The van der Waals surface area contributed by atoms with Crippen LogP contribution in [0, 0.1) is 0 Å². The molecule has 0 spiro atoms. The first-order valence-electron chi connectivity index (χ1n) is 9.69. The number of thioether (sulfide) groups is 1. The van der Waals surface area contributed by atoms with Crippen molar-refractivity contribution in [2.75, 3.05) is 16.4 Å². The third-order valence-corrected chi connectivity index (χ3v) is 5.34. The molecule has 0 aliphatic rings. The van der Waals surface area contributed by atoms with Crippen molar-refractivity contribution < 1.29 is 9.59 Å². The molecule has 2 heterocycles. The van der Waals surface area contributed by atoms with Gasteiger partial charge in [-0.25, -0.2) is 0 Å². The molecular weight excluding hydrogens is 400 g/mol. The Balaban J connectivity index is 1.50. The van der Waals surface area contributed by atoms with E-state index < -0.39 is 0 Å². The lowest BCUT2D eigenvalue weighted by Gasteiger charge is -2.08. The fraction of sp³-hybridized carbons (Fsp3) is 0.286. The number of benzene rings is 1. The fourth-order valence-electron chi connectivity index (χ4n) is 2.72. The van der Waals surface area contributed by atoms with Crippen LogP contribution < -0.4 is 10.6 Å². The van der Waals surface area contributed by atoms with E-state index in [9.17, 15) is 9.59 Å². The van der Waals surface area contributed by atoms with Gasteiger partial charge in [-0.2, -0.15) is 0 Å². The Kier molecular flexibility index (Phi) is 7.56. The van der Waals surface area contributed by atoms with Crippen LogP contribution in [0.2, 0.25) is 0 Å². The summed E-state index contributed by atoms with van der Waals surface area (Å²) in [5, 5.41) is 14.7. The minimum absolute atomic E-state index is 0.000141. The van der Waals surface area contributed by atoms with Gasteiger partial charge in [0.05, 0.1) is 5.75 Å². The number of anilines is 2. The van der Waals surface area contributed by atoms with Gasteiger partial charge in [0.2, 0.25) is 11.8 Å². The van der Waals surface area contributed by atoms with E-state index in [2.05, 4.69) is 25.8 Å². The number of unbranched alkanes of at least 4 members (excludes halogenated alkanes) is 1. The molecule has 0 bridgehead atoms. The summed E-state index contributed by atoms with van der Waals surface area (Å²) in [6.07, 6.45) is 5.76. The second-order valence-corrected chi connectivity index (χ2v) is 7.61. The van der Waals surface area contributed by atoms with Crippen molar-refractivity contribution in [3.8, 4) is 11.4 Å². The van der Waals surface area contributed by atoms with Gasteiger partial charge >= 0.3 is 0 Å². The van der Waals surface area contributed by atoms with Crippen molar-refractivity contribution >= 4 is 35.0 Å². The second-order valence-electron chi connectivity index (χ2n) is 6.67. The average Bonchev–Trinajstić information content (AvgIpc) is 3.13. The van der Waals surface area contributed by atoms with Gasteiger partial charge in [-0.1, -0.05) is 25.1 Å². The zero-order chi connectivity index (χ0) is 21.3. The Morgan fingerprint density at radius 3 is 2.23 bits per heavy atom. The molecule has 8 nitrogen and oxygen atoms in total. The van der Waals surface area contributed by atoms with Crippen molar-refractivity contribution in [2.45, 2.75) is 31.3 Å². The van der Waals surface area contributed by atoms with Gasteiger partial charge in [-0.15, -0.1) is 10.2 Å². The molecule has 30 heavy (non-hydrogen) atoms. The third kappa shape index (κ3) is 5.90. The zero-order valence-electron chi connectivity index (χ0n) is 17.0. The number of hydrogen-bond donors (Lipinski definition) is 2. The van der Waals surface area contributed by atoms with Gasteiger partial charge in [0.1, 0.15) is 0 Å². The number of aromatic nitrogens is 4. The van der Waals surface area contributed by atoms with Crippen LogP contribution in [0.5, 0.6) is 0 Å². The number of nitrogens with one attached hydrogen (secondary N) is 2. The third-order valence-electron chi connectivity index (χ3n) is 4.32. The Hall–Kier alpha value is -3.20. The van der Waals surface area contributed by atoms with Crippen LogP contribution in [-0.2, 0) is 16.6 Å². The van der Waals surface area contributed by atoms with Crippen molar-refractivity contribution in [1.29, 1.82) is 0 Å². The quantitative estimate of drug-likeness (QED) is 0.508. The highest BCUT2D eigenvalue weighted by atomic mass is 32.2. The lowest BCUT2D eigenvalue weighted by atomic mass is 10.2. The maximum absolute atomic E-state index is 12.3. The number of carbonyl (C=O) groups excluding carboxylic acids is 2. The lowest BCUT2D eigenvalue weighted by Crippen LogP contribution is -2.15. The van der Waals surface area contributed by atoms with Gasteiger partial charge in [-0.05, 0) is 42.8 Å². The molecule has 0 saturated heterocycles. The summed E-state index contributed by atoms with van der Waals surface area (Å²) in [6.45, 7) is 2.05. The van der Waals surface area contributed by atoms with Crippen molar-refractivity contribution in [3.05, 3.63) is 48.8 Å². The first kappa shape index (κ1) is 21.5. The van der Waals surface area contributed by atoms with E-state index in [1.165, 1.54) is 11.8 Å².